The van der Waals surface area contributed by atoms with Gasteiger partial charge in [0, 0.05) is 12.3 Å². The number of esters is 1. The van der Waals surface area contributed by atoms with Crippen LogP contribution < -0.4 is 0 Å². The van der Waals surface area contributed by atoms with Crippen LogP contribution in [0, 0.1) is 23.7 Å². The Morgan fingerprint density at radius 1 is 1.45 bits per heavy atom. The van der Waals surface area contributed by atoms with Crippen LogP contribution in [0.2, 0.25) is 0 Å². The molecule has 2 aliphatic carbocycles. The molecule has 0 bridgehead atoms. The van der Waals surface area contributed by atoms with Crippen molar-refractivity contribution in [3.05, 3.63) is 30.2 Å². The van der Waals surface area contributed by atoms with Gasteiger partial charge in [-0.3, -0.25) is 4.79 Å². The monoisotopic (exact) mass is 304 g/mol. The minimum atomic E-state index is -0.247. The van der Waals surface area contributed by atoms with Gasteiger partial charge in [-0.25, -0.2) is 0 Å². The first-order valence-corrected chi connectivity index (χ1v) is 8.14. The smallest absolute Gasteiger partial charge is 0.305 e. The molecule has 1 aromatic heterocycles. The molecule has 0 amide bonds. The van der Waals surface area contributed by atoms with Crippen LogP contribution in [-0.4, -0.2) is 24.3 Å². The summed E-state index contributed by atoms with van der Waals surface area (Å²) < 4.78 is 10.0. The van der Waals surface area contributed by atoms with Gasteiger partial charge in [-0.05, 0) is 61.6 Å². The van der Waals surface area contributed by atoms with E-state index in [4.69, 9.17) is 9.15 Å². The first-order valence-electron chi connectivity index (χ1n) is 8.14. The Balaban J connectivity index is 1.58. The van der Waals surface area contributed by atoms with Crippen molar-refractivity contribution in [2.24, 2.45) is 23.7 Å². The molecule has 0 radical (unpaired) electrons. The van der Waals surface area contributed by atoms with E-state index in [2.05, 4.69) is 6.08 Å². The molecule has 0 aliphatic heterocycles. The normalized spacial score (nSPS) is 34.2. The lowest BCUT2D eigenvalue weighted by Crippen LogP contribution is -2.17. The first-order chi connectivity index (χ1) is 10.7. The predicted octanol–water partition coefficient (Wildman–Crippen LogP) is 3.27. The number of carbonyl (C=O) groups is 1. The van der Waals surface area contributed by atoms with Gasteiger partial charge in [0.1, 0.15) is 5.76 Å². The Morgan fingerprint density at radius 3 is 3.05 bits per heavy atom. The zero-order chi connectivity index (χ0) is 15.5. The van der Waals surface area contributed by atoms with Crippen LogP contribution in [-0.2, 0) is 9.53 Å². The molecule has 120 valence electrons. The number of aliphatic hydroxyl groups excluding tert-OH is 1. The van der Waals surface area contributed by atoms with Gasteiger partial charge in [-0.1, -0.05) is 6.08 Å². The second kappa shape index (κ2) is 6.69. The molecule has 1 unspecified atom stereocenters. The molecule has 4 heteroatoms. The van der Waals surface area contributed by atoms with Gasteiger partial charge in [0.25, 0.3) is 0 Å². The van der Waals surface area contributed by atoms with Gasteiger partial charge in [0.2, 0.25) is 0 Å². The molecule has 4 nitrogen and oxygen atoms in total. The Bertz CT molecular complexity index is 519. The van der Waals surface area contributed by atoms with Crippen molar-refractivity contribution >= 4 is 12.0 Å². The van der Waals surface area contributed by atoms with E-state index in [-0.39, 0.29) is 18.0 Å². The number of methoxy groups -OCH3 is 1. The molecular weight excluding hydrogens is 280 g/mol. The standard InChI is InChI=1S/C18H24O4/c1-21-18(20)7-4-12-9-13-11-17(19)15(16(13)10-12)6-5-14-3-2-8-22-14/h2-3,5-6,8,12-13,15-17,19H,4,7,9-11H2,1H3/b6-5+/t12?,13-,15+,16-,17+/m0/s1. The van der Waals surface area contributed by atoms with Crippen LogP contribution in [0.4, 0.5) is 0 Å². The third-order valence-electron chi connectivity index (χ3n) is 5.34. The average molecular weight is 304 g/mol. The van der Waals surface area contributed by atoms with E-state index in [1.54, 1.807) is 6.26 Å². The number of furan rings is 1. The van der Waals surface area contributed by atoms with Gasteiger partial charge in [0.15, 0.2) is 0 Å². The van der Waals surface area contributed by atoms with Crippen LogP contribution in [0.1, 0.15) is 37.9 Å². The van der Waals surface area contributed by atoms with Crippen LogP contribution in [0.5, 0.6) is 0 Å². The van der Waals surface area contributed by atoms with Crippen molar-refractivity contribution in [2.75, 3.05) is 7.11 Å². The summed E-state index contributed by atoms with van der Waals surface area (Å²) in [6.07, 6.45) is 10.0. The number of hydrogen-bond donors (Lipinski definition) is 1. The molecular formula is C18H24O4. The quantitative estimate of drug-likeness (QED) is 0.848. The van der Waals surface area contributed by atoms with E-state index in [1.165, 1.54) is 7.11 Å². The number of carbonyl (C=O) groups excluding carboxylic acids is 1. The third-order valence-corrected chi connectivity index (χ3v) is 5.34. The van der Waals surface area contributed by atoms with Crippen molar-refractivity contribution in [3.8, 4) is 0 Å². The molecule has 1 aromatic rings. The molecule has 2 fully saturated rings. The lowest BCUT2D eigenvalue weighted by Gasteiger charge is -2.18. The van der Waals surface area contributed by atoms with Gasteiger partial charge >= 0.3 is 5.97 Å². The Morgan fingerprint density at radius 2 is 2.32 bits per heavy atom. The lowest BCUT2D eigenvalue weighted by atomic mass is 9.89. The summed E-state index contributed by atoms with van der Waals surface area (Å²) in [5, 5.41) is 10.3. The average Bonchev–Trinajstić information content (AvgIpc) is 3.20. The molecule has 0 spiro atoms. The summed E-state index contributed by atoms with van der Waals surface area (Å²) in [5.74, 6) is 2.62. The molecule has 1 heterocycles. The van der Waals surface area contributed by atoms with Crippen LogP contribution in [0.15, 0.2) is 28.9 Å². The van der Waals surface area contributed by atoms with Gasteiger partial charge < -0.3 is 14.3 Å². The number of aliphatic hydroxyl groups is 1. The van der Waals surface area contributed by atoms with E-state index >= 15 is 0 Å². The van der Waals surface area contributed by atoms with Crippen molar-refractivity contribution < 1.29 is 19.1 Å². The van der Waals surface area contributed by atoms with Gasteiger partial charge in [0.05, 0.1) is 19.5 Å². The van der Waals surface area contributed by atoms with E-state index in [9.17, 15) is 9.90 Å². The molecule has 5 atom stereocenters. The molecule has 0 aromatic carbocycles. The summed E-state index contributed by atoms with van der Waals surface area (Å²) in [5.41, 5.74) is 0. The third kappa shape index (κ3) is 3.27. The molecule has 3 rings (SSSR count). The fourth-order valence-electron chi connectivity index (χ4n) is 4.29. The fraction of sp³-hybridized carbons (Fsp3) is 0.611. The van der Waals surface area contributed by atoms with Crippen LogP contribution >= 0.6 is 0 Å². The Hall–Kier alpha value is -1.55. The van der Waals surface area contributed by atoms with E-state index in [0.29, 0.717) is 24.2 Å². The first kappa shape index (κ1) is 15.3. The topological polar surface area (TPSA) is 59.7 Å². The maximum atomic E-state index is 11.3. The van der Waals surface area contributed by atoms with Crippen molar-refractivity contribution in [3.63, 3.8) is 0 Å². The molecule has 1 N–H and O–H groups in total. The maximum Gasteiger partial charge on any atom is 0.305 e. The number of fused-ring (bicyclic) bond motifs is 1. The predicted molar refractivity (Wildman–Crippen MR) is 82.8 cm³/mol. The SMILES string of the molecule is COC(=O)CCC1C[C@H]2C[C@@H](O)[C@H](/C=C/c3ccco3)[C@H]2C1. The van der Waals surface area contributed by atoms with Gasteiger partial charge in [-0.15, -0.1) is 0 Å². The highest BCUT2D eigenvalue weighted by Gasteiger charge is 2.46. The number of rotatable bonds is 5. The summed E-state index contributed by atoms with van der Waals surface area (Å²) in [7, 11) is 1.44. The number of ether oxygens (including phenoxy) is 1. The minimum absolute atomic E-state index is 0.119. The van der Waals surface area contributed by atoms with Crippen molar-refractivity contribution in [2.45, 2.75) is 38.2 Å². The highest BCUT2D eigenvalue weighted by Crippen LogP contribution is 2.51. The zero-order valence-electron chi connectivity index (χ0n) is 13.0. The summed E-state index contributed by atoms with van der Waals surface area (Å²) in [4.78, 5) is 11.3. The van der Waals surface area contributed by atoms with E-state index in [1.807, 2.05) is 18.2 Å². The minimum Gasteiger partial charge on any atom is -0.469 e. The van der Waals surface area contributed by atoms with Crippen LogP contribution in [0.3, 0.4) is 0 Å². The highest BCUT2D eigenvalue weighted by atomic mass is 16.5. The Kier molecular flexibility index (Phi) is 4.67. The summed E-state index contributed by atoms with van der Waals surface area (Å²) in [6.45, 7) is 0. The zero-order valence-corrected chi connectivity index (χ0v) is 13.0. The molecule has 0 saturated heterocycles. The fourth-order valence-corrected chi connectivity index (χ4v) is 4.29. The van der Waals surface area contributed by atoms with Crippen LogP contribution in [0.25, 0.3) is 6.08 Å². The van der Waals surface area contributed by atoms with E-state index < -0.39 is 0 Å². The summed E-state index contributed by atoms with van der Waals surface area (Å²) >= 11 is 0. The second-order valence-corrected chi connectivity index (χ2v) is 6.63. The highest BCUT2D eigenvalue weighted by molar-refractivity contribution is 5.69. The molecule has 2 saturated carbocycles. The Labute approximate surface area is 131 Å². The maximum absolute atomic E-state index is 11.3. The van der Waals surface area contributed by atoms with E-state index in [0.717, 1.165) is 31.4 Å². The summed E-state index contributed by atoms with van der Waals surface area (Å²) in [6, 6.07) is 3.79. The second-order valence-electron chi connectivity index (χ2n) is 6.63. The van der Waals surface area contributed by atoms with Gasteiger partial charge in [-0.2, -0.15) is 0 Å². The van der Waals surface area contributed by atoms with Crippen molar-refractivity contribution in [1.29, 1.82) is 0 Å². The van der Waals surface area contributed by atoms with Crippen molar-refractivity contribution in [1.82, 2.24) is 0 Å². The largest absolute Gasteiger partial charge is 0.469 e. The number of hydrogen-bond acceptors (Lipinski definition) is 4. The lowest BCUT2D eigenvalue weighted by molar-refractivity contribution is -0.140. The molecule has 2 aliphatic rings. The molecule has 22 heavy (non-hydrogen) atoms.